The summed E-state index contributed by atoms with van der Waals surface area (Å²) in [5.74, 6) is -0.446. The van der Waals surface area contributed by atoms with Gasteiger partial charge in [-0.1, -0.05) is 20.8 Å². The number of carbonyl (C=O) groups excluding carboxylic acids is 1. The highest BCUT2D eigenvalue weighted by Gasteiger charge is 2.34. The maximum atomic E-state index is 11.5. The van der Waals surface area contributed by atoms with Crippen molar-refractivity contribution < 1.29 is 14.7 Å². The van der Waals surface area contributed by atoms with Crippen molar-refractivity contribution in [2.45, 2.75) is 27.2 Å². The Morgan fingerprint density at radius 3 is 2.53 bits per heavy atom. The number of hydrogen-bond donors (Lipinski definition) is 1. The third kappa shape index (κ3) is 2.94. The fraction of sp³-hybridized carbons (Fsp3) is 0.818. The molecular formula is C11H19NO3. The molecule has 1 fully saturated rings. The van der Waals surface area contributed by atoms with Crippen LogP contribution in [0.1, 0.15) is 27.2 Å². The molecule has 1 rings (SSSR count). The van der Waals surface area contributed by atoms with Gasteiger partial charge in [0.1, 0.15) is 0 Å². The third-order valence-corrected chi connectivity index (χ3v) is 3.21. The van der Waals surface area contributed by atoms with E-state index in [2.05, 4.69) is 20.8 Å². The molecule has 1 N–H and O–H groups in total. The Morgan fingerprint density at radius 1 is 1.53 bits per heavy atom. The molecule has 0 aromatic rings. The molecule has 1 aliphatic heterocycles. The van der Waals surface area contributed by atoms with Gasteiger partial charge in [-0.2, -0.15) is 0 Å². The van der Waals surface area contributed by atoms with Crippen molar-refractivity contribution >= 4 is 11.9 Å². The van der Waals surface area contributed by atoms with Gasteiger partial charge in [-0.3, -0.25) is 9.59 Å². The van der Waals surface area contributed by atoms with Crippen LogP contribution in [0.3, 0.4) is 0 Å². The molecule has 1 saturated heterocycles. The Bertz CT molecular complexity index is 263. The molecule has 86 valence electrons. The van der Waals surface area contributed by atoms with E-state index in [4.69, 9.17) is 5.11 Å². The number of carboxylic acids is 1. The molecule has 0 spiro atoms. The van der Waals surface area contributed by atoms with Gasteiger partial charge < -0.3 is 10.0 Å². The molecule has 4 heteroatoms. The van der Waals surface area contributed by atoms with Crippen LogP contribution in [0.4, 0.5) is 0 Å². The molecule has 1 aliphatic rings. The summed E-state index contributed by atoms with van der Waals surface area (Å²) in [7, 11) is 0. The van der Waals surface area contributed by atoms with E-state index < -0.39 is 11.9 Å². The monoisotopic (exact) mass is 213 g/mol. The van der Waals surface area contributed by atoms with Crippen molar-refractivity contribution in [2.75, 3.05) is 13.1 Å². The number of amides is 1. The molecule has 0 aromatic carbocycles. The smallest absolute Gasteiger partial charge is 0.308 e. The molecule has 4 nitrogen and oxygen atoms in total. The lowest BCUT2D eigenvalue weighted by Gasteiger charge is -2.23. The van der Waals surface area contributed by atoms with Crippen molar-refractivity contribution in [3.8, 4) is 0 Å². The topological polar surface area (TPSA) is 57.6 Å². The zero-order valence-electron chi connectivity index (χ0n) is 9.56. The van der Waals surface area contributed by atoms with Crippen LogP contribution < -0.4 is 0 Å². The Labute approximate surface area is 90.3 Å². The SMILES string of the molecule is CC(C)C(C)CN1CC(C(=O)O)CC1=O. The van der Waals surface area contributed by atoms with E-state index in [1.165, 1.54) is 0 Å². The van der Waals surface area contributed by atoms with Gasteiger partial charge in [-0.05, 0) is 11.8 Å². The lowest BCUT2D eigenvalue weighted by molar-refractivity contribution is -0.141. The first-order valence-electron chi connectivity index (χ1n) is 5.42. The van der Waals surface area contributed by atoms with Crippen LogP contribution in [0.15, 0.2) is 0 Å². The van der Waals surface area contributed by atoms with Crippen LogP contribution in [0.25, 0.3) is 0 Å². The van der Waals surface area contributed by atoms with Crippen molar-refractivity contribution in [3.05, 3.63) is 0 Å². The lowest BCUT2D eigenvalue weighted by Crippen LogP contribution is -2.32. The van der Waals surface area contributed by atoms with Crippen molar-refractivity contribution in [2.24, 2.45) is 17.8 Å². The minimum Gasteiger partial charge on any atom is -0.481 e. The van der Waals surface area contributed by atoms with Crippen molar-refractivity contribution in [3.63, 3.8) is 0 Å². The number of carbonyl (C=O) groups is 2. The van der Waals surface area contributed by atoms with E-state index in [0.717, 1.165) is 0 Å². The van der Waals surface area contributed by atoms with E-state index in [0.29, 0.717) is 24.9 Å². The van der Waals surface area contributed by atoms with E-state index in [-0.39, 0.29) is 12.3 Å². The maximum absolute atomic E-state index is 11.5. The number of carboxylic acid groups (broad SMARTS) is 1. The molecule has 0 radical (unpaired) electrons. The molecule has 0 saturated carbocycles. The van der Waals surface area contributed by atoms with Gasteiger partial charge in [0, 0.05) is 19.5 Å². The van der Waals surface area contributed by atoms with Gasteiger partial charge in [0.05, 0.1) is 5.92 Å². The number of nitrogens with zero attached hydrogens (tertiary/aromatic N) is 1. The first-order valence-corrected chi connectivity index (χ1v) is 5.42. The zero-order valence-corrected chi connectivity index (χ0v) is 9.56. The average Bonchev–Trinajstić information content (AvgIpc) is 2.47. The van der Waals surface area contributed by atoms with Crippen LogP contribution in [0.5, 0.6) is 0 Å². The predicted molar refractivity (Wildman–Crippen MR) is 56.3 cm³/mol. The standard InChI is InChI=1S/C11H19NO3/c1-7(2)8(3)5-12-6-9(11(14)15)4-10(12)13/h7-9H,4-6H2,1-3H3,(H,14,15). The molecule has 1 heterocycles. The zero-order chi connectivity index (χ0) is 11.6. The molecule has 0 aromatic heterocycles. The second-order valence-electron chi connectivity index (χ2n) is 4.76. The van der Waals surface area contributed by atoms with Gasteiger partial charge in [0.15, 0.2) is 0 Å². The minimum absolute atomic E-state index is 0.0186. The fourth-order valence-electron chi connectivity index (χ4n) is 1.67. The molecule has 0 bridgehead atoms. The number of likely N-dealkylation sites (tertiary alicyclic amines) is 1. The van der Waals surface area contributed by atoms with Crippen LogP contribution in [-0.4, -0.2) is 35.0 Å². The van der Waals surface area contributed by atoms with Crippen molar-refractivity contribution in [1.82, 2.24) is 4.90 Å². The van der Waals surface area contributed by atoms with Crippen LogP contribution in [0, 0.1) is 17.8 Å². The average molecular weight is 213 g/mol. The summed E-state index contributed by atoms with van der Waals surface area (Å²) < 4.78 is 0. The van der Waals surface area contributed by atoms with Gasteiger partial charge in [-0.25, -0.2) is 0 Å². The summed E-state index contributed by atoms with van der Waals surface area (Å²) in [6, 6.07) is 0. The first kappa shape index (κ1) is 12.0. The Kier molecular flexibility index (Phi) is 3.72. The second kappa shape index (κ2) is 4.64. The van der Waals surface area contributed by atoms with E-state index in [1.807, 2.05) is 0 Å². The van der Waals surface area contributed by atoms with Crippen molar-refractivity contribution in [1.29, 1.82) is 0 Å². The fourth-order valence-corrected chi connectivity index (χ4v) is 1.67. The van der Waals surface area contributed by atoms with Gasteiger partial charge in [-0.15, -0.1) is 0 Å². The van der Waals surface area contributed by atoms with Crippen LogP contribution >= 0.6 is 0 Å². The molecule has 15 heavy (non-hydrogen) atoms. The Morgan fingerprint density at radius 2 is 2.13 bits per heavy atom. The second-order valence-corrected chi connectivity index (χ2v) is 4.76. The van der Waals surface area contributed by atoms with E-state index in [9.17, 15) is 9.59 Å². The molecule has 0 aliphatic carbocycles. The highest BCUT2D eigenvalue weighted by molar-refractivity contribution is 5.86. The minimum atomic E-state index is -0.858. The largest absolute Gasteiger partial charge is 0.481 e. The number of rotatable bonds is 4. The number of aliphatic carboxylic acids is 1. The molecule has 2 unspecified atom stereocenters. The summed E-state index contributed by atoms with van der Waals surface area (Å²) in [6.07, 6.45) is 0.167. The van der Waals surface area contributed by atoms with Gasteiger partial charge >= 0.3 is 5.97 Å². The Balaban J connectivity index is 2.51. The van der Waals surface area contributed by atoms with Crippen LogP contribution in [0.2, 0.25) is 0 Å². The first-order chi connectivity index (χ1) is 6.91. The molecule has 2 atom stereocenters. The van der Waals surface area contributed by atoms with Crippen LogP contribution in [-0.2, 0) is 9.59 Å². The highest BCUT2D eigenvalue weighted by Crippen LogP contribution is 2.21. The quantitative estimate of drug-likeness (QED) is 0.763. The summed E-state index contributed by atoms with van der Waals surface area (Å²) in [4.78, 5) is 23.9. The lowest BCUT2D eigenvalue weighted by atomic mass is 9.98. The normalized spacial score (nSPS) is 23.6. The number of hydrogen-bond acceptors (Lipinski definition) is 2. The third-order valence-electron chi connectivity index (χ3n) is 3.21. The van der Waals surface area contributed by atoms with Gasteiger partial charge in [0.25, 0.3) is 0 Å². The Hall–Kier alpha value is -1.06. The summed E-state index contributed by atoms with van der Waals surface area (Å²) >= 11 is 0. The molecule has 1 amide bonds. The van der Waals surface area contributed by atoms with Gasteiger partial charge in [0.2, 0.25) is 5.91 Å². The summed E-state index contributed by atoms with van der Waals surface area (Å²) in [5, 5.41) is 8.81. The maximum Gasteiger partial charge on any atom is 0.308 e. The van der Waals surface area contributed by atoms with E-state index in [1.54, 1.807) is 4.90 Å². The molecular weight excluding hydrogens is 194 g/mol. The highest BCUT2D eigenvalue weighted by atomic mass is 16.4. The van der Waals surface area contributed by atoms with E-state index >= 15 is 0 Å². The summed E-state index contributed by atoms with van der Waals surface area (Å²) in [6.45, 7) is 7.37. The predicted octanol–water partition coefficient (Wildman–Crippen LogP) is 1.21. The summed E-state index contributed by atoms with van der Waals surface area (Å²) in [5.41, 5.74) is 0.